The summed E-state index contributed by atoms with van der Waals surface area (Å²) in [7, 11) is 0. The monoisotopic (exact) mass is 387 g/mol. The van der Waals surface area contributed by atoms with E-state index in [1.807, 2.05) is 13.0 Å². The van der Waals surface area contributed by atoms with E-state index in [0.29, 0.717) is 24.0 Å². The number of nitrogens with zero attached hydrogens (tertiary/aromatic N) is 6. The zero-order valence-electron chi connectivity index (χ0n) is 16.3. The summed E-state index contributed by atoms with van der Waals surface area (Å²) in [6, 6.07) is 3.59. The van der Waals surface area contributed by atoms with Crippen LogP contribution in [0.3, 0.4) is 0 Å². The Labute approximate surface area is 161 Å². The van der Waals surface area contributed by atoms with Crippen LogP contribution in [0.2, 0.25) is 0 Å². The molecule has 28 heavy (non-hydrogen) atoms. The van der Waals surface area contributed by atoms with Gasteiger partial charge >= 0.3 is 5.92 Å². The number of hydrogen-bond acceptors (Lipinski definition) is 6. The van der Waals surface area contributed by atoms with Crippen molar-refractivity contribution in [2.75, 3.05) is 18.0 Å². The second-order valence-electron chi connectivity index (χ2n) is 7.70. The molecule has 0 saturated carbocycles. The Morgan fingerprint density at radius 3 is 2.54 bits per heavy atom. The Hall–Kier alpha value is -2.68. The van der Waals surface area contributed by atoms with E-state index in [0.717, 1.165) is 35.9 Å². The van der Waals surface area contributed by atoms with Crippen molar-refractivity contribution < 1.29 is 8.78 Å². The average molecular weight is 387 g/mol. The van der Waals surface area contributed by atoms with Crippen LogP contribution in [0.4, 0.5) is 14.6 Å². The second-order valence-corrected chi connectivity index (χ2v) is 7.70. The fraction of sp³-hybridized carbons (Fsp3) is 0.474. The number of nitrogens with two attached hydrogens (primary N) is 1. The van der Waals surface area contributed by atoms with E-state index in [2.05, 4.69) is 26.8 Å². The van der Waals surface area contributed by atoms with Gasteiger partial charge in [-0.2, -0.15) is 8.78 Å². The van der Waals surface area contributed by atoms with Crippen molar-refractivity contribution in [1.29, 1.82) is 0 Å². The van der Waals surface area contributed by atoms with E-state index < -0.39 is 11.7 Å². The molecule has 0 spiro atoms. The lowest BCUT2D eigenvalue weighted by Gasteiger charge is -2.15. The number of aromatic nitrogens is 5. The quantitative estimate of drug-likeness (QED) is 0.744. The van der Waals surface area contributed by atoms with E-state index in [4.69, 9.17) is 10.8 Å². The summed E-state index contributed by atoms with van der Waals surface area (Å²) >= 11 is 0. The standard InChI is InChI=1S/C19H23F2N7/c1-10-8-27(9-14(10)22)17-13-7-23-11(2)5-15(13)28(26-17)16-6-12(3)24-18(25-16)19(4,20)21/h5-7,10,14H,8-9,22H2,1-4H3/t10-,14+/m0/s1. The summed E-state index contributed by atoms with van der Waals surface area (Å²) in [5.41, 5.74) is 8.20. The number of alkyl halides is 2. The van der Waals surface area contributed by atoms with Crippen LogP contribution in [0, 0.1) is 19.8 Å². The largest absolute Gasteiger partial charge is 0.353 e. The van der Waals surface area contributed by atoms with E-state index in [1.165, 1.54) is 0 Å². The fourth-order valence-corrected chi connectivity index (χ4v) is 3.53. The minimum Gasteiger partial charge on any atom is -0.353 e. The number of pyridine rings is 1. The van der Waals surface area contributed by atoms with Crippen LogP contribution in [-0.4, -0.2) is 43.9 Å². The van der Waals surface area contributed by atoms with E-state index in [-0.39, 0.29) is 6.04 Å². The average Bonchev–Trinajstić information content (AvgIpc) is 3.13. The van der Waals surface area contributed by atoms with Gasteiger partial charge in [0.25, 0.3) is 0 Å². The molecule has 7 nitrogen and oxygen atoms in total. The molecule has 1 aliphatic heterocycles. The van der Waals surface area contributed by atoms with Crippen LogP contribution in [-0.2, 0) is 5.92 Å². The van der Waals surface area contributed by atoms with Gasteiger partial charge in [0.2, 0.25) is 5.82 Å². The second kappa shape index (κ2) is 6.44. The number of anilines is 1. The third kappa shape index (κ3) is 3.19. The number of halogens is 2. The maximum atomic E-state index is 13.9. The van der Waals surface area contributed by atoms with Crippen LogP contribution < -0.4 is 10.6 Å². The van der Waals surface area contributed by atoms with Crippen LogP contribution in [0.15, 0.2) is 18.3 Å². The van der Waals surface area contributed by atoms with Crippen LogP contribution in [0.25, 0.3) is 16.7 Å². The van der Waals surface area contributed by atoms with Crippen molar-refractivity contribution in [3.63, 3.8) is 0 Å². The van der Waals surface area contributed by atoms with Gasteiger partial charge < -0.3 is 10.6 Å². The highest BCUT2D eigenvalue weighted by atomic mass is 19.3. The highest BCUT2D eigenvalue weighted by Crippen LogP contribution is 2.32. The minimum atomic E-state index is -3.14. The molecule has 3 aromatic rings. The fourth-order valence-electron chi connectivity index (χ4n) is 3.53. The first kappa shape index (κ1) is 18.7. The summed E-state index contributed by atoms with van der Waals surface area (Å²) in [4.78, 5) is 14.5. The van der Waals surface area contributed by atoms with E-state index in [1.54, 1.807) is 23.9 Å². The zero-order valence-corrected chi connectivity index (χ0v) is 16.3. The smallest absolute Gasteiger partial charge is 0.303 e. The molecule has 2 atom stereocenters. The van der Waals surface area contributed by atoms with Gasteiger partial charge in [-0.3, -0.25) is 4.98 Å². The van der Waals surface area contributed by atoms with Crippen LogP contribution in [0.5, 0.6) is 0 Å². The maximum absolute atomic E-state index is 13.9. The molecule has 4 rings (SSSR count). The molecule has 0 aromatic carbocycles. The van der Waals surface area contributed by atoms with Crippen LogP contribution >= 0.6 is 0 Å². The van der Waals surface area contributed by atoms with Crippen molar-refractivity contribution in [2.24, 2.45) is 11.7 Å². The first-order chi connectivity index (χ1) is 13.1. The van der Waals surface area contributed by atoms with Crippen molar-refractivity contribution in [1.82, 2.24) is 24.7 Å². The topological polar surface area (TPSA) is 85.8 Å². The molecule has 0 amide bonds. The molecule has 148 valence electrons. The van der Waals surface area contributed by atoms with Crippen molar-refractivity contribution in [2.45, 2.75) is 39.7 Å². The normalized spacial score (nSPS) is 20.3. The molecule has 4 heterocycles. The molecule has 0 unspecified atom stereocenters. The number of fused-ring (bicyclic) bond motifs is 1. The van der Waals surface area contributed by atoms with Crippen molar-refractivity contribution >= 4 is 16.7 Å². The predicted molar refractivity (Wildman–Crippen MR) is 103 cm³/mol. The lowest BCUT2D eigenvalue weighted by molar-refractivity contribution is 0.00747. The number of hydrogen-bond donors (Lipinski definition) is 1. The molecule has 3 aromatic heterocycles. The molecule has 1 fully saturated rings. The summed E-state index contributed by atoms with van der Waals surface area (Å²) < 4.78 is 29.3. The Morgan fingerprint density at radius 1 is 1.14 bits per heavy atom. The summed E-state index contributed by atoms with van der Waals surface area (Å²) in [5, 5.41) is 5.57. The zero-order chi connectivity index (χ0) is 20.2. The van der Waals surface area contributed by atoms with Gasteiger partial charge in [-0.05, 0) is 25.8 Å². The first-order valence-electron chi connectivity index (χ1n) is 9.23. The Kier molecular flexibility index (Phi) is 4.29. The van der Waals surface area contributed by atoms with Gasteiger partial charge in [-0.1, -0.05) is 6.92 Å². The van der Waals surface area contributed by atoms with E-state index in [9.17, 15) is 8.78 Å². The first-order valence-corrected chi connectivity index (χ1v) is 9.23. The van der Waals surface area contributed by atoms with Gasteiger partial charge in [0.05, 0.1) is 10.9 Å². The van der Waals surface area contributed by atoms with E-state index >= 15 is 0 Å². The van der Waals surface area contributed by atoms with Gasteiger partial charge in [-0.15, -0.1) is 5.10 Å². The summed E-state index contributed by atoms with van der Waals surface area (Å²) in [5.74, 6) is -2.27. The molecular formula is C19H23F2N7. The molecule has 1 saturated heterocycles. The molecule has 0 aliphatic carbocycles. The third-order valence-electron chi connectivity index (χ3n) is 5.10. The molecule has 1 aliphatic rings. The molecule has 0 radical (unpaired) electrons. The van der Waals surface area contributed by atoms with Crippen molar-refractivity contribution in [3.8, 4) is 5.82 Å². The predicted octanol–water partition coefficient (Wildman–Crippen LogP) is 2.72. The SMILES string of the molecule is Cc1cc2c(cn1)c(N1C[C@@H](N)[C@@H](C)C1)nn2-c1cc(C)nc(C(C)(F)F)n1. The number of aryl methyl sites for hydroxylation is 2. The Bertz CT molecular complexity index is 1030. The Balaban J connectivity index is 1.91. The van der Waals surface area contributed by atoms with Gasteiger partial charge in [-0.25, -0.2) is 14.6 Å². The number of rotatable bonds is 3. The molecule has 0 bridgehead atoms. The van der Waals surface area contributed by atoms with Gasteiger partial charge in [0.15, 0.2) is 11.6 Å². The molecule has 9 heteroatoms. The van der Waals surface area contributed by atoms with Crippen molar-refractivity contribution in [3.05, 3.63) is 35.5 Å². The summed E-state index contributed by atoms with van der Waals surface area (Å²) in [6.45, 7) is 7.90. The lowest BCUT2D eigenvalue weighted by atomic mass is 10.1. The maximum Gasteiger partial charge on any atom is 0.303 e. The van der Waals surface area contributed by atoms with Crippen LogP contribution in [0.1, 0.15) is 31.1 Å². The minimum absolute atomic E-state index is 0.0605. The molecule has 2 N–H and O–H groups in total. The highest BCUT2D eigenvalue weighted by Gasteiger charge is 2.32. The highest BCUT2D eigenvalue weighted by molar-refractivity contribution is 5.91. The third-order valence-corrected chi connectivity index (χ3v) is 5.10. The van der Waals surface area contributed by atoms with Gasteiger partial charge in [0, 0.05) is 49.7 Å². The Morgan fingerprint density at radius 2 is 1.89 bits per heavy atom. The lowest BCUT2D eigenvalue weighted by Crippen LogP contribution is -2.28. The summed E-state index contributed by atoms with van der Waals surface area (Å²) in [6.07, 6.45) is 1.77. The van der Waals surface area contributed by atoms with Gasteiger partial charge in [0.1, 0.15) is 0 Å². The molecular weight excluding hydrogens is 364 g/mol.